The van der Waals surface area contributed by atoms with Crippen molar-refractivity contribution >= 4 is 11.6 Å². The molecule has 0 aromatic heterocycles. The molecule has 0 fully saturated rings. The summed E-state index contributed by atoms with van der Waals surface area (Å²) in [6, 6.07) is 8.63. The highest BCUT2D eigenvalue weighted by Gasteiger charge is 1.93. The number of hydrogen-bond acceptors (Lipinski definition) is 0. The zero-order chi connectivity index (χ0) is 9.68. The Balaban J connectivity index is 2.37. The molecule has 0 saturated heterocycles. The maximum absolute atomic E-state index is 5.67. The van der Waals surface area contributed by atoms with Crippen molar-refractivity contribution in [3.8, 4) is 0 Å². The number of benzene rings is 1. The molecule has 0 spiro atoms. The van der Waals surface area contributed by atoms with Crippen LogP contribution in [0.1, 0.15) is 24.0 Å². The Kier molecular flexibility index (Phi) is 4.04. The lowest BCUT2D eigenvalue weighted by atomic mass is 10.1. The van der Waals surface area contributed by atoms with Crippen molar-refractivity contribution in [2.75, 3.05) is 0 Å². The fourth-order valence-electron chi connectivity index (χ4n) is 1.24. The third-order valence-corrected chi connectivity index (χ3v) is 2.22. The van der Waals surface area contributed by atoms with Crippen LogP contribution in [0.15, 0.2) is 35.9 Å². The molecule has 0 saturated carbocycles. The molecule has 1 aromatic rings. The summed E-state index contributed by atoms with van der Waals surface area (Å²) < 4.78 is 0. The lowest BCUT2D eigenvalue weighted by Gasteiger charge is -2.00. The largest absolute Gasteiger partial charge is 0.0898 e. The van der Waals surface area contributed by atoms with Crippen molar-refractivity contribution in [2.24, 2.45) is 0 Å². The molecule has 0 amide bonds. The van der Waals surface area contributed by atoms with Gasteiger partial charge in [0, 0.05) is 5.03 Å². The lowest BCUT2D eigenvalue weighted by Crippen LogP contribution is -1.85. The molecule has 13 heavy (non-hydrogen) atoms. The molecule has 0 aliphatic heterocycles. The first-order chi connectivity index (χ1) is 6.18. The third-order valence-electron chi connectivity index (χ3n) is 2.03. The first kappa shape index (κ1) is 10.3. The monoisotopic (exact) mass is 194 g/mol. The summed E-state index contributed by atoms with van der Waals surface area (Å²) in [6.07, 6.45) is 3.09. The van der Waals surface area contributed by atoms with Crippen molar-refractivity contribution in [3.63, 3.8) is 0 Å². The SMILES string of the molecule is C=C(Cl)CCCc1ccc(C)cc1. The minimum absolute atomic E-state index is 0.757. The second-order valence-electron chi connectivity index (χ2n) is 3.36. The standard InChI is InChI=1S/C12H15Cl/c1-10-6-8-12(9-7-10)5-3-4-11(2)13/h6-9H,2-5H2,1H3. The van der Waals surface area contributed by atoms with Gasteiger partial charge in [0.25, 0.3) is 0 Å². The average Bonchev–Trinajstić information content (AvgIpc) is 2.08. The Hall–Kier alpha value is -0.750. The minimum atomic E-state index is 0.757. The zero-order valence-electron chi connectivity index (χ0n) is 8.02. The van der Waals surface area contributed by atoms with Crippen LogP contribution in [-0.2, 0) is 6.42 Å². The molecule has 0 unspecified atom stereocenters. The van der Waals surface area contributed by atoms with Gasteiger partial charge in [-0.2, -0.15) is 0 Å². The molecule has 0 aliphatic carbocycles. The van der Waals surface area contributed by atoms with E-state index < -0.39 is 0 Å². The van der Waals surface area contributed by atoms with Gasteiger partial charge in [0.15, 0.2) is 0 Å². The lowest BCUT2D eigenvalue weighted by molar-refractivity contribution is 0.835. The van der Waals surface area contributed by atoms with Crippen LogP contribution in [0.25, 0.3) is 0 Å². The summed E-state index contributed by atoms with van der Waals surface area (Å²) in [4.78, 5) is 0. The highest BCUT2D eigenvalue weighted by Crippen LogP contribution is 2.11. The van der Waals surface area contributed by atoms with Crippen molar-refractivity contribution in [3.05, 3.63) is 47.0 Å². The molecule has 0 radical (unpaired) electrons. The fourth-order valence-corrected chi connectivity index (χ4v) is 1.37. The molecule has 0 heterocycles. The number of halogens is 1. The van der Waals surface area contributed by atoms with Crippen LogP contribution < -0.4 is 0 Å². The van der Waals surface area contributed by atoms with Gasteiger partial charge in [-0.25, -0.2) is 0 Å². The molecule has 0 aliphatic rings. The van der Waals surface area contributed by atoms with E-state index in [1.54, 1.807) is 0 Å². The van der Waals surface area contributed by atoms with E-state index in [1.165, 1.54) is 11.1 Å². The summed E-state index contributed by atoms with van der Waals surface area (Å²) >= 11 is 5.67. The number of allylic oxidation sites excluding steroid dienone is 1. The van der Waals surface area contributed by atoms with E-state index in [2.05, 4.69) is 37.8 Å². The summed E-state index contributed by atoms with van der Waals surface area (Å²) in [5.41, 5.74) is 2.69. The van der Waals surface area contributed by atoms with Crippen LogP contribution in [0, 0.1) is 6.92 Å². The van der Waals surface area contributed by atoms with Gasteiger partial charge in [-0.05, 0) is 31.7 Å². The average molecular weight is 195 g/mol. The van der Waals surface area contributed by atoms with Crippen LogP contribution in [0.4, 0.5) is 0 Å². The first-order valence-electron chi connectivity index (χ1n) is 4.57. The minimum Gasteiger partial charge on any atom is -0.0898 e. The normalized spacial score (nSPS) is 10.0. The molecule has 0 atom stereocenters. The number of rotatable bonds is 4. The van der Waals surface area contributed by atoms with Crippen molar-refractivity contribution in [1.29, 1.82) is 0 Å². The van der Waals surface area contributed by atoms with Crippen LogP contribution >= 0.6 is 11.6 Å². The molecule has 1 rings (SSSR count). The van der Waals surface area contributed by atoms with Gasteiger partial charge in [-0.1, -0.05) is 48.0 Å². The third kappa shape index (κ3) is 4.14. The Morgan fingerprint density at radius 3 is 2.46 bits per heavy atom. The van der Waals surface area contributed by atoms with Crippen LogP contribution in [0.5, 0.6) is 0 Å². The van der Waals surface area contributed by atoms with Gasteiger partial charge in [-0.15, -0.1) is 0 Å². The maximum Gasteiger partial charge on any atom is 0.0109 e. The van der Waals surface area contributed by atoms with Crippen LogP contribution in [0.2, 0.25) is 0 Å². The number of hydrogen-bond donors (Lipinski definition) is 0. The molecule has 0 N–H and O–H groups in total. The predicted octanol–water partition coefficient (Wildman–Crippen LogP) is 4.07. The first-order valence-corrected chi connectivity index (χ1v) is 4.95. The smallest absolute Gasteiger partial charge is 0.0109 e. The fraction of sp³-hybridized carbons (Fsp3) is 0.333. The van der Waals surface area contributed by atoms with Gasteiger partial charge in [-0.3, -0.25) is 0 Å². The van der Waals surface area contributed by atoms with Gasteiger partial charge in [0.1, 0.15) is 0 Å². The molecular formula is C12H15Cl. The topological polar surface area (TPSA) is 0 Å². The summed E-state index contributed by atoms with van der Waals surface area (Å²) in [7, 11) is 0. The van der Waals surface area contributed by atoms with Gasteiger partial charge >= 0.3 is 0 Å². The summed E-state index contributed by atoms with van der Waals surface area (Å²) in [5, 5.41) is 0.757. The van der Waals surface area contributed by atoms with Gasteiger partial charge in [0.2, 0.25) is 0 Å². The maximum atomic E-state index is 5.67. The second kappa shape index (κ2) is 5.08. The molecule has 0 bridgehead atoms. The van der Waals surface area contributed by atoms with E-state index in [4.69, 9.17) is 11.6 Å². The summed E-state index contributed by atoms with van der Waals surface area (Å²) in [5.74, 6) is 0. The Morgan fingerprint density at radius 2 is 1.92 bits per heavy atom. The predicted molar refractivity (Wildman–Crippen MR) is 59.1 cm³/mol. The Morgan fingerprint density at radius 1 is 1.31 bits per heavy atom. The second-order valence-corrected chi connectivity index (χ2v) is 3.89. The van der Waals surface area contributed by atoms with E-state index in [0.29, 0.717) is 0 Å². The van der Waals surface area contributed by atoms with Crippen molar-refractivity contribution in [2.45, 2.75) is 26.2 Å². The molecule has 1 heteroatoms. The summed E-state index contributed by atoms with van der Waals surface area (Å²) in [6.45, 7) is 5.77. The van der Waals surface area contributed by atoms with Gasteiger partial charge < -0.3 is 0 Å². The molecule has 70 valence electrons. The van der Waals surface area contributed by atoms with E-state index in [1.807, 2.05) is 0 Å². The van der Waals surface area contributed by atoms with Crippen molar-refractivity contribution in [1.82, 2.24) is 0 Å². The van der Waals surface area contributed by atoms with E-state index >= 15 is 0 Å². The van der Waals surface area contributed by atoms with Crippen LogP contribution in [0.3, 0.4) is 0 Å². The molecule has 0 nitrogen and oxygen atoms in total. The van der Waals surface area contributed by atoms with Gasteiger partial charge in [0.05, 0.1) is 0 Å². The van der Waals surface area contributed by atoms with E-state index in [9.17, 15) is 0 Å². The molecule has 1 aromatic carbocycles. The zero-order valence-corrected chi connectivity index (χ0v) is 8.77. The van der Waals surface area contributed by atoms with Crippen LogP contribution in [-0.4, -0.2) is 0 Å². The Labute approximate surface area is 85.2 Å². The highest BCUT2D eigenvalue weighted by molar-refractivity contribution is 6.29. The number of aryl methyl sites for hydroxylation is 2. The van der Waals surface area contributed by atoms with E-state index in [0.717, 1.165) is 24.3 Å². The Bertz CT molecular complexity index is 272. The highest BCUT2D eigenvalue weighted by atomic mass is 35.5. The van der Waals surface area contributed by atoms with E-state index in [-0.39, 0.29) is 0 Å². The molecular weight excluding hydrogens is 180 g/mol. The van der Waals surface area contributed by atoms with Crippen molar-refractivity contribution < 1.29 is 0 Å². The quantitative estimate of drug-likeness (QED) is 0.678.